The normalized spacial score (nSPS) is 31.2. The minimum Gasteiger partial charge on any atom is -0.0891 e. The van der Waals surface area contributed by atoms with Crippen LogP contribution >= 0.6 is 11.6 Å². The van der Waals surface area contributed by atoms with Crippen molar-refractivity contribution in [2.24, 2.45) is 5.41 Å². The summed E-state index contributed by atoms with van der Waals surface area (Å²) in [6.07, 6.45) is 9.92. The monoisotopic (exact) mass is 244 g/mol. The number of hydrogen-bond donors (Lipinski definition) is 0. The molecule has 0 fully saturated rings. The van der Waals surface area contributed by atoms with Crippen LogP contribution in [-0.4, -0.2) is 0 Å². The molecule has 1 aromatic carbocycles. The molecule has 0 aliphatic heterocycles. The van der Waals surface area contributed by atoms with E-state index in [0.717, 1.165) is 11.5 Å². The van der Waals surface area contributed by atoms with E-state index < -0.39 is 0 Å². The van der Waals surface area contributed by atoms with E-state index in [1.165, 1.54) is 24.0 Å². The minimum absolute atomic E-state index is 0.193. The van der Waals surface area contributed by atoms with E-state index in [1.807, 2.05) is 6.08 Å². The highest BCUT2D eigenvalue weighted by molar-refractivity contribution is 6.29. The van der Waals surface area contributed by atoms with Crippen LogP contribution < -0.4 is 0 Å². The van der Waals surface area contributed by atoms with Crippen molar-refractivity contribution in [3.63, 3.8) is 0 Å². The number of aryl methyl sites for hydroxylation is 1. The van der Waals surface area contributed by atoms with Gasteiger partial charge < -0.3 is 0 Å². The summed E-state index contributed by atoms with van der Waals surface area (Å²) in [6.45, 7) is 2.34. The number of halogens is 1. The predicted octanol–water partition coefficient (Wildman–Crippen LogP) is 4.81. The molecule has 0 bridgehead atoms. The van der Waals surface area contributed by atoms with Crippen LogP contribution in [0.15, 0.2) is 47.5 Å². The third kappa shape index (κ3) is 1.85. The van der Waals surface area contributed by atoms with E-state index in [1.54, 1.807) is 0 Å². The van der Waals surface area contributed by atoms with Gasteiger partial charge in [0.2, 0.25) is 0 Å². The van der Waals surface area contributed by atoms with Gasteiger partial charge in [-0.05, 0) is 47.8 Å². The van der Waals surface area contributed by atoms with Gasteiger partial charge in [0.05, 0.1) is 0 Å². The third-order valence-corrected chi connectivity index (χ3v) is 4.49. The maximum atomic E-state index is 6.22. The van der Waals surface area contributed by atoms with Crippen LogP contribution in [0.3, 0.4) is 0 Å². The van der Waals surface area contributed by atoms with Gasteiger partial charge in [-0.25, -0.2) is 0 Å². The van der Waals surface area contributed by atoms with E-state index in [9.17, 15) is 0 Å². The average Bonchev–Trinajstić information content (AvgIpc) is 2.72. The second kappa shape index (κ2) is 4.03. The van der Waals surface area contributed by atoms with Gasteiger partial charge >= 0.3 is 0 Å². The van der Waals surface area contributed by atoms with Gasteiger partial charge in [0.25, 0.3) is 0 Å². The van der Waals surface area contributed by atoms with E-state index in [4.69, 9.17) is 11.6 Å². The zero-order valence-corrected chi connectivity index (χ0v) is 10.9. The molecule has 88 valence electrons. The highest BCUT2D eigenvalue weighted by Crippen LogP contribution is 2.50. The first-order valence-corrected chi connectivity index (χ1v) is 6.68. The van der Waals surface area contributed by atoms with Crippen LogP contribution in [0.1, 0.15) is 36.8 Å². The van der Waals surface area contributed by atoms with Gasteiger partial charge in [0.1, 0.15) is 0 Å². The Morgan fingerprint density at radius 3 is 2.94 bits per heavy atom. The van der Waals surface area contributed by atoms with Crippen LogP contribution in [0.4, 0.5) is 0 Å². The summed E-state index contributed by atoms with van der Waals surface area (Å²) in [6, 6.07) is 8.86. The van der Waals surface area contributed by atoms with Gasteiger partial charge in [-0.15, -0.1) is 0 Å². The highest BCUT2D eigenvalue weighted by Gasteiger charge is 2.38. The van der Waals surface area contributed by atoms with Crippen molar-refractivity contribution < 1.29 is 0 Å². The topological polar surface area (TPSA) is 0 Å². The summed E-state index contributed by atoms with van der Waals surface area (Å²) in [5, 5.41) is 0.986. The van der Waals surface area contributed by atoms with E-state index in [0.29, 0.717) is 5.92 Å². The molecule has 2 aliphatic carbocycles. The summed E-state index contributed by atoms with van der Waals surface area (Å²) in [5.41, 5.74) is 3.25. The lowest BCUT2D eigenvalue weighted by Gasteiger charge is -2.35. The lowest BCUT2D eigenvalue weighted by Crippen LogP contribution is -2.23. The number of rotatable bonds is 1. The van der Waals surface area contributed by atoms with Gasteiger partial charge in [-0.2, -0.15) is 0 Å². The van der Waals surface area contributed by atoms with Crippen LogP contribution in [0.5, 0.6) is 0 Å². The van der Waals surface area contributed by atoms with Crippen molar-refractivity contribution in [2.45, 2.75) is 32.1 Å². The second-order valence-corrected chi connectivity index (χ2v) is 5.93. The number of hydrogen-bond acceptors (Lipinski definition) is 0. The molecule has 0 heterocycles. The minimum atomic E-state index is 0.193. The summed E-state index contributed by atoms with van der Waals surface area (Å²) in [5.74, 6) is 0.623. The average molecular weight is 245 g/mol. The van der Waals surface area contributed by atoms with Crippen LogP contribution in [-0.2, 0) is 6.42 Å². The second-order valence-electron chi connectivity index (χ2n) is 5.45. The Balaban J connectivity index is 1.97. The number of benzene rings is 1. The summed E-state index contributed by atoms with van der Waals surface area (Å²) in [7, 11) is 0. The lowest BCUT2D eigenvalue weighted by molar-refractivity contribution is 0.331. The molecule has 0 N–H and O–H groups in total. The zero-order valence-electron chi connectivity index (χ0n) is 10.1. The molecule has 2 unspecified atom stereocenters. The molecular weight excluding hydrogens is 228 g/mol. The van der Waals surface area contributed by atoms with E-state index >= 15 is 0 Å². The van der Waals surface area contributed by atoms with Crippen molar-refractivity contribution in [3.05, 3.63) is 58.7 Å². The van der Waals surface area contributed by atoms with Gasteiger partial charge in [-0.1, -0.05) is 54.9 Å². The molecule has 17 heavy (non-hydrogen) atoms. The molecular formula is C16H17Cl. The molecule has 2 atom stereocenters. The fourth-order valence-corrected chi connectivity index (χ4v) is 3.70. The van der Waals surface area contributed by atoms with Crippen molar-refractivity contribution in [1.82, 2.24) is 0 Å². The van der Waals surface area contributed by atoms with Crippen molar-refractivity contribution in [1.29, 1.82) is 0 Å². The molecule has 1 aromatic rings. The van der Waals surface area contributed by atoms with Gasteiger partial charge in [-0.3, -0.25) is 0 Å². The molecule has 0 spiro atoms. The van der Waals surface area contributed by atoms with Crippen LogP contribution in [0.2, 0.25) is 0 Å². The first kappa shape index (κ1) is 11.1. The standard InChI is InChI=1S/C16H17Cl/c1-16(10-4-6-13(17)11-16)15-9-8-12-5-2-3-7-14(12)15/h2-7,10,15H,8-9,11H2,1H3. The predicted molar refractivity (Wildman–Crippen MR) is 73.3 cm³/mol. The van der Waals surface area contributed by atoms with Crippen LogP contribution in [0.25, 0.3) is 0 Å². The van der Waals surface area contributed by atoms with E-state index in [2.05, 4.69) is 43.3 Å². The Labute approximate surface area is 108 Å². The first-order valence-electron chi connectivity index (χ1n) is 6.31. The Bertz CT molecular complexity index is 498. The smallest absolute Gasteiger partial charge is 0.0189 e. The van der Waals surface area contributed by atoms with Crippen molar-refractivity contribution >= 4 is 11.6 Å². The maximum Gasteiger partial charge on any atom is 0.0189 e. The first-order chi connectivity index (χ1) is 8.19. The molecule has 1 heteroatoms. The van der Waals surface area contributed by atoms with Crippen molar-refractivity contribution in [2.75, 3.05) is 0 Å². The van der Waals surface area contributed by atoms with E-state index in [-0.39, 0.29) is 5.41 Å². The molecule has 0 radical (unpaired) electrons. The Kier molecular flexibility index (Phi) is 2.63. The maximum absolute atomic E-state index is 6.22. The van der Waals surface area contributed by atoms with Gasteiger partial charge in [0.15, 0.2) is 0 Å². The Morgan fingerprint density at radius 1 is 1.29 bits per heavy atom. The fourth-order valence-electron chi connectivity index (χ4n) is 3.34. The summed E-state index contributed by atoms with van der Waals surface area (Å²) in [4.78, 5) is 0. The summed E-state index contributed by atoms with van der Waals surface area (Å²) < 4.78 is 0. The molecule has 0 saturated carbocycles. The zero-order chi connectivity index (χ0) is 11.9. The molecule has 0 amide bonds. The largest absolute Gasteiger partial charge is 0.0891 e. The summed E-state index contributed by atoms with van der Waals surface area (Å²) >= 11 is 6.22. The van der Waals surface area contributed by atoms with Gasteiger partial charge in [0, 0.05) is 5.03 Å². The fraction of sp³-hybridized carbons (Fsp3) is 0.375. The van der Waals surface area contributed by atoms with Crippen LogP contribution in [0, 0.1) is 5.41 Å². The Morgan fingerprint density at radius 2 is 2.12 bits per heavy atom. The molecule has 0 saturated heterocycles. The number of allylic oxidation sites excluding steroid dienone is 4. The molecule has 0 aromatic heterocycles. The lowest BCUT2D eigenvalue weighted by atomic mass is 9.70. The molecule has 3 rings (SSSR count). The third-order valence-electron chi connectivity index (χ3n) is 4.23. The highest BCUT2D eigenvalue weighted by atomic mass is 35.5. The SMILES string of the molecule is CC1(C2CCc3ccccc32)C=CC=C(Cl)C1. The Hall–Kier alpha value is -1.01. The molecule has 2 aliphatic rings. The quantitative estimate of drug-likeness (QED) is 0.665. The van der Waals surface area contributed by atoms with Crippen molar-refractivity contribution in [3.8, 4) is 0 Å². The number of fused-ring (bicyclic) bond motifs is 1. The molecule has 0 nitrogen and oxygen atoms in total.